The molecule has 0 spiro atoms. The number of ether oxygens (including phenoxy) is 3. The lowest BCUT2D eigenvalue weighted by molar-refractivity contribution is -0.151. The van der Waals surface area contributed by atoms with E-state index in [0.29, 0.717) is 31.3 Å². The largest absolute Gasteiger partial charge is 0.486 e. The van der Waals surface area contributed by atoms with Gasteiger partial charge < -0.3 is 19.5 Å². The quantitative estimate of drug-likeness (QED) is 0.574. The molecule has 28 heavy (non-hydrogen) atoms. The highest BCUT2D eigenvalue weighted by molar-refractivity contribution is 7.89. The van der Waals surface area contributed by atoms with Gasteiger partial charge in [0.2, 0.25) is 10.0 Å². The van der Waals surface area contributed by atoms with Gasteiger partial charge in [0.05, 0.1) is 4.90 Å². The topological polar surface area (TPSA) is 120 Å². The third-order valence-corrected chi connectivity index (χ3v) is 5.38. The Bertz CT molecular complexity index is 808. The van der Waals surface area contributed by atoms with Crippen molar-refractivity contribution in [1.82, 2.24) is 10.0 Å². The lowest BCUT2D eigenvalue weighted by atomic mass is 10.1. The molecule has 1 aliphatic rings. The molecule has 0 aliphatic carbocycles. The molecule has 2 N–H and O–H groups in total. The molecule has 0 unspecified atom stereocenters. The molecular weight excluding hydrogens is 388 g/mol. The van der Waals surface area contributed by atoms with Gasteiger partial charge in [0.1, 0.15) is 19.3 Å². The number of sulfonamides is 1. The zero-order chi connectivity index (χ0) is 20.7. The first-order chi connectivity index (χ1) is 13.2. The number of benzene rings is 1. The summed E-state index contributed by atoms with van der Waals surface area (Å²) in [5, 5.41) is 2.58. The molecule has 0 bridgehead atoms. The first-order valence-electron chi connectivity index (χ1n) is 9.10. The molecule has 0 radical (unpaired) electrons. The van der Waals surface area contributed by atoms with E-state index in [2.05, 4.69) is 10.0 Å². The summed E-state index contributed by atoms with van der Waals surface area (Å²) in [6.45, 7) is 5.97. The smallest absolute Gasteiger partial charge is 0.324 e. The fourth-order valence-electron chi connectivity index (χ4n) is 2.42. The summed E-state index contributed by atoms with van der Waals surface area (Å²) in [5.74, 6) is -0.859. The zero-order valence-electron chi connectivity index (χ0n) is 16.2. The number of hydrogen-bond donors (Lipinski definition) is 2. The van der Waals surface area contributed by atoms with Crippen LogP contribution in [0.1, 0.15) is 27.2 Å². The molecule has 1 aromatic rings. The third-order valence-electron chi connectivity index (χ3n) is 3.94. The number of esters is 1. The molecule has 2 rings (SSSR count). The van der Waals surface area contributed by atoms with Crippen LogP contribution in [0.25, 0.3) is 0 Å². The van der Waals surface area contributed by atoms with E-state index in [1.54, 1.807) is 13.8 Å². The van der Waals surface area contributed by atoms with E-state index in [1.807, 2.05) is 6.92 Å². The first-order valence-corrected chi connectivity index (χ1v) is 10.6. The standard InChI is InChI=1S/C18H26N2O7S/c1-4-7-19-16(21)11-27-18(22)17(12(2)3)20-28(23,24)13-5-6-14-15(10-13)26-9-8-25-14/h5-6,10,12,17,20H,4,7-9,11H2,1-3H3,(H,19,21)/t17-/m0/s1. The minimum atomic E-state index is -4.02. The van der Waals surface area contributed by atoms with Crippen molar-refractivity contribution in [2.45, 2.75) is 38.1 Å². The second-order valence-corrected chi connectivity index (χ2v) is 8.32. The summed E-state index contributed by atoms with van der Waals surface area (Å²) in [6, 6.07) is 3.08. The minimum absolute atomic E-state index is 0.0594. The van der Waals surface area contributed by atoms with E-state index in [-0.39, 0.29) is 4.90 Å². The Morgan fingerprint density at radius 1 is 1.18 bits per heavy atom. The number of hydrogen-bond acceptors (Lipinski definition) is 7. The van der Waals surface area contributed by atoms with Crippen molar-refractivity contribution < 1.29 is 32.2 Å². The van der Waals surface area contributed by atoms with Gasteiger partial charge in [-0.2, -0.15) is 4.72 Å². The Labute approximate surface area is 164 Å². The highest BCUT2D eigenvalue weighted by Crippen LogP contribution is 2.32. The van der Waals surface area contributed by atoms with Crippen molar-refractivity contribution in [2.24, 2.45) is 5.92 Å². The number of fused-ring (bicyclic) bond motifs is 1. The minimum Gasteiger partial charge on any atom is -0.486 e. The van der Waals surface area contributed by atoms with Crippen molar-refractivity contribution in [3.63, 3.8) is 0 Å². The monoisotopic (exact) mass is 414 g/mol. The molecule has 0 aromatic heterocycles. The van der Waals surface area contributed by atoms with Crippen LogP contribution in [-0.2, 0) is 24.3 Å². The molecule has 0 fully saturated rings. The van der Waals surface area contributed by atoms with Gasteiger partial charge in [0.15, 0.2) is 18.1 Å². The number of carbonyl (C=O) groups is 2. The maximum Gasteiger partial charge on any atom is 0.324 e. The van der Waals surface area contributed by atoms with Crippen LogP contribution in [0.3, 0.4) is 0 Å². The summed E-state index contributed by atoms with van der Waals surface area (Å²) in [5.41, 5.74) is 0. The molecule has 1 aliphatic heterocycles. The Morgan fingerprint density at radius 3 is 2.50 bits per heavy atom. The summed E-state index contributed by atoms with van der Waals surface area (Å²) < 4.78 is 43.6. The predicted octanol–water partition coefficient (Wildman–Crippen LogP) is 0.830. The van der Waals surface area contributed by atoms with Crippen LogP contribution in [-0.4, -0.2) is 52.7 Å². The molecule has 156 valence electrons. The van der Waals surface area contributed by atoms with Gasteiger partial charge in [-0.15, -0.1) is 0 Å². The molecule has 1 heterocycles. The molecule has 0 saturated carbocycles. The number of amides is 1. The van der Waals surface area contributed by atoms with Crippen LogP contribution in [0, 0.1) is 5.92 Å². The molecule has 10 heteroatoms. The molecule has 1 amide bonds. The number of carbonyl (C=O) groups excluding carboxylic acids is 2. The van der Waals surface area contributed by atoms with Crippen molar-refractivity contribution in [3.05, 3.63) is 18.2 Å². The van der Waals surface area contributed by atoms with E-state index in [4.69, 9.17) is 14.2 Å². The summed E-state index contributed by atoms with van der Waals surface area (Å²) in [7, 11) is -4.02. The van der Waals surface area contributed by atoms with Gasteiger partial charge in [-0.05, 0) is 24.5 Å². The second kappa shape index (κ2) is 9.74. The molecule has 0 saturated heterocycles. The molecule has 9 nitrogen and oxygen atoms in total. The fourth-order valence-corrected chi connectivity index (χ4v) is 3.77. The van der Waals surface area contributed by atoms with E-state index in [1.165, 1.54) is 18.2 Å². The molecular formula is C18H26N2O7S. The first kappa shape index (κ1) is 22.0. The lowest BCUT2D eigenvalue weighted by Gasteiger charge is -2.22. The van der Waals surface area contributed by atoms with Crippen LogP contribution < -0.4 is 19.5 Å². The van der Waals surface area contributed by atoms with E-state index < -0.39 is 40.5 Å². The average molecular weight is 414 g/mol. The summed E-state index contributed by atoms with van der Waals surface area (Å²) >= 11 is 0. The SMILES string of the molecule is CCCNC(=O)COC(=O)[C@@H](NS(=O)(=O)c1ccc2c(c1)OCCO2)C(C)C. The van der Waals surface area contributed by atoms with Gasteiger partial charge in [0.25, 0.3) is 5.91 Å². The van der Waals surface area contributed by atoms with Gasteiger partial charge in [-0.1, -0.05) is 20.8 Å². The van der Waals surface area contributed by atoms with Crippen LogP contribution in [0.4, 0.5) is 0 Å². The van der Waals surface area contributed by atoms with Crippen LogP contribution >= 0.6 is 0 Å². The Morgan fingerprint density at radius 2 is 1.86 bits per heavy atom. The summed E-state index contributed by atoms with van der Waals surface area (Å²) in [4.78, 5) is 23.9. The Kier molecular flexibility index (Phi) is 7.64. The van der Waals surface area contributed by atoms with E-state index in [9.17, 15) is 18.0 Å². The van der Waals surface area contributed by atoms with Crippen LogP contribution in [0.15, 0.2) is 23.1 Å². The third kappa shape index (κ3) is 5.83. The van der Waals surface area contributed by atoms with Crippen molar-refractivity contribution in [2.75, 3.05) is 26.4 Å². The zero-order valence-corrected chi connectivity index (χ0v) is 17.0. The Hall–Kier alpha value is -2.33. The lowest BCUT2D eigenvalue weighted by Crippen LogP contribution is -2.46. The van der Waals surface area contributed by atoms with E-state index in [0.717, 1.165) is 6.42 Å². The maximum atomic E-state index is 12.7. The average Bonchev–Trinajstić information content (AvgIpc) is 2.68. The van der Waals surface area contributed by atoms with Crippen molar-refractivity contribution >= 4 is 21.9 Å². The van der Waals surface area contributed by atoms with Crippen molar-refractivity contribution in [3.8, 4) is 11.5 Å². The summed E-state index contributed by atoms with van der Waals surface area (Å²) in [6.07, 6.45) is 0.754. The van der Waals surface area contributed by atoms with Crippen LogP contribution in [0.5, 0.6) is 11.5 Å². The number of nitrogens with one attached hydrogen (secondary N) is 2. The molecule has 1 atom stereocenters. The van der Waals surface area contributed by atoms with E-state index >= 15 is 0 Å². The number of rotatable bonds is 9. The maximum absolute atomic E-state index is 12.7. The Balaban J connectivity index is 2.07. The van der Waals surface area contributed by atoms with Gasteiger partial charge in [0, 0.05) is 12.6 Å². The van der Waals surface area contributed by atoms with Crippen molar-refractivity contribution in [1.29, 1.82) is 0 Å². The normalized spacial score (nSPS) is 14.4. The second-order valence-electron chi connectivity index (χ2n) is 6.61. The van der Waals surface area contributed by atoms with Gasteiger partial charge >= 0.3 is 5.97 Å². The predicted molar refractivity (Wildman–Crippen MR) is 101 cm³/mol. The van der Waals surface area contributed by atoms with Gasteiger partial charge in [-0.25, -0.2) is 8.42 Å². The van der Waals surface area contributed by atoms with Crippen LogP contribution in [0.2, 0.25) is 0 Å². The highest BCUT2D eigenvalue weighted by atomic mass is 32.2. The fraction of sp³-hybridized carbons (Fsp3) is 0.556. The molecule has 1 aromatic carbocycles. The van der Waals surface area contributed by atoms with Gasteiger partial charge in [-0.3, -0.25) is 9.59 Å². The highest BCUT2D eigenvalue weighted by Gasteiger charge is 2.30.